The molecule has 3 rings (SSSR count). The second-order valence-corrected chi connectivity index (χ2v) is 5.49. The number of esters is 1. The van der Waals surface area contributed by atoms with Crippen LogP contribution in [0.5, 0.6) is 5.75 Å². The van der Waals surface area contributed by atoms with Crippen LogP contribution in [0, 0.1) is 6.92 Å². The van der Waals surface area contributed by atoms with Crippen LogP contribution < -0.4 is 4.74 Å². The van der Waals surface area contributed by atoms with E-state index in [-0.39, 0.29) is 12.3 Å². The van der Waals surface area contributed by atoms with E-state index >= 15 is 0 Å². The lowest BCUT2D eigenvalue weighted by atomic mass is 10.0. The van der Waals surface area contributed by atoms with E-state index < -0.39 is 5.97 Å². The van der Waals surface area contributed by atoms with E-state index in [2.05, 4.69) is 15.3 Å². The summed E-state index contributed by atoms with van der Waals surface area (Å²) >= 11 is 0. The first kappa shape index (κ1) is 16.9. The minimum Gasteiger partial charge on any atom is -0.497 e. The van der Waals surface area contributed by atoms with Crippen molar-refractivity contribution in [2.24, 2.45) is 0 Å². The van der Waals surface area contributed by atoms with Gasteiger partial charge in [-0.05, 0) is 38.0 Å². The highest BCUT2D eigenvalue weighted by Crippen LogP contribution is 2.30. The predicted octanol–water partition coefficient (Wildman–Crippen LogP) is 2.85. The molecule has 0 N–H and O–H groups in total. The average molecular weight is 340 g/mol. The number of hydrogen-bond donors (Lipinski definition) is 0. The summed E-state index contributed by atoms with van der Waals surface area (Å²) in [7, 11) is 1.63. The molecule has 130 valence electrons. The molecule has 0 saturated carbocycles. The molecule has 1 aromatic carbocycles. The lowest BCUT2D eigenvalue weighted by Crippen LogP contribution is -2.14. The van der Waals surface area contributed by atoms with Crippen molar-refractivity contribution in [1.29, 1.82) is 0 Å². The SMILES string of the molecule is CCOC(=O)c1nnc2c(-c3ccc(OC)cc3)c(CC)nn2c1C. The van der Waals surface area contributed by atoms with Gasteiger partial charge in [0.15, 0.2) is 11.3 Å². The van der Waals surface area contributed by atoms with Gasteiger partial charge in [-0.25, -0.2) is 9.31 Å². The van der Waals surface area contributed by atoms with Crippen LogP contribution in [0.25, 0.3) is 16.8 Å². The van der Waals surface area contributed by atoms with E-state index in [1.54, 1.807) is 25.5 Å². The topological polar surface area (TPSA) is 78.6 Å². The Labute approximate surface area is 145 Å². The highest BCUT2D eigenvalue weighted by molar-refractivity contribution is 5.89. The molecule has 0 aliphatic heterocycles. The van der Waals surface area contributed by atoms with E-state index in [4.69, 9.17) is 9.47 Å². The molecule has 0 unspecified atom stereocenters. The number of benzene rings is 1. The summed E-state index contributed by atoms with van der Waals surface area (Å²) in [6.07, 6.45) is 0.735. The summed E-state index contributed by atoms with van der Waals surface area (Å²) in [5, 5.41) is 13.0. The summed E-state index contributed by atoms with van der Waals surface area (Å²) in [4.78, 5) is 12.0. The quantitative estimate of drug-likeness (QED) is 0.665. The Hall–Kier alpha value is -2.96. The van der Waals surface area contributed by atoms with Crippen molar-refractivity contribution >= 4 is 11.6 Å². The molecule has 0 bridgehead atoms. The van der Waals surface area contributed by atoms with Gasteiger partial charge in [-0.15, -0.1) is 10.2 Å². The first-order valence-corrected chi connectivity index (χ1v) is 8.17. The molecule has 7 nitrogen and oxygen atoms in total. The predicted molar refractivity (Wildman–Crippen MR) is 92.8 cm³/mol. The van der Waals surface area contributed by atoms with Gasteiger partial charge in [-0.2, -0.15) is 5.10 Å². The van der Waals surface area contributed by atoms with E-state index in [0.29, 0.717) is 11.3 Å². The van der Waals surface area contributed by atoms with Crippen LogP contribution >= 0.6 is 0 Å². The lowest BCUT2D eigenvalue weighted by molar-refractivity contribution is 0.0516. The lowest BCUT2D eigenvalue weighted by Gasteiger charge is -2.06. The number of aromatic nitrogens is 4. The highest BCUT2D eigenvalue weighted by atomic mass is 16.5. The molecule has 0 aliphatic rings. The number of fused-ring (bicyclic) bond motifs is 1. The van der Waals surface area contributed by atoms with Crippen LogP contribution in [0.3, 0.4) is 0 Å². The molecule has 0 amide bonds. The summed E-state index contributed by atoms with van der Waals surface area (Å²) < 4.78 is 11.9. The fourth-order valence-corrected chi connectivity index (χ4v) is 2.74. The molecular weight excluding hydrogens is 320 g/mol. The maximum Gasteiger partial charge on any atom is 0.360 e. The number of rotatable bonds is 5. The van der Waals surface area contributed by atoms with Crippen molar-refractivity contribution in [2.45, 2.75) is 27.2 Å². The second kappa shape index (κ2) is 6.88. The number of hydrogen-bond acceptors (Lipinski definition) is 6. The summed E-state index contributed by atoms with van der Waals surface area (Å²) in [5.74, 6) is 0.291. The van der Waals surface area contributed by atoms with Gasteiger partial charge in [0.05, 0.1) is 30.7 Å². The number of nitrogens with zero attached hydrogens (tertiary/aromatic N) is 4. The van der Waals surface area contributed by atoms with Gasteiger partial charge in [0.1, 0.15) is 5.75 Å². The maximum atomic E-state index is 12.0. The molecule has 0 fully saturated rings. The van der Waals surface area contributed by atoms with Crippen LogP contribution in [-0.2, 0) is 11.2 Å². The minimum atomic E-state index is -0.492. The van der Waals surface area contributed by atoms with Gasteiger partial charge in [0.2, 0.25) is 0 Å². The average Bonchev–Trinajstić information content (AvgIpc) is 3.02. The first-order valence-electron chi connectivity index (χ1n) is 8.17. The van der Waals surface area contributed by atoms with Crippen molar-refractivity contribution in [2.75, 3.05) is 13.7 Å². The monoisotopic (exact) mass is 340 g/mol. The van der Waals surface area contributed by atoms with Gasteiger partial charge >= 0.3 is 5.97 Å². The van der Waals surface area contributed by atoms with Crippen LogP contribution in [0.1, 0.15) is 35.7 Å². The smallest absolute Gasteiger partial charge is 0.360 e. The molecule has 0 saturated heterocycles. The normalized spacial score (nSPS) is 10.9. The van der Waals surface area contributed by atoms with Gasteiger partial charge in [-0.1, -0.05) is 19.1 Å². The van der Waals surface area contributed by atoms with Crippen LogP contribution in [-0.4, -0.2) is 39.5 Å². The third-order valence-corrected chi connectivity index (χ3v) is 4.02. The maximum absolute atomic E-state index is 12.0. The Balaban J connectivity index is 2.18. The zero-order chi connectivity index (χ0) is 18.0. The van der Waals surface area contributed by atoms with Crippen molar-refractivity contribution in [1.82, 2.24) is 19.8 Å². The number of carbonyl (C=O) groups excluding carboxylic acids is 1. The number of carbonyl (C=O) groups is 1. The number of aryl methyl sites for hydroxylation is 2. The van der Waals surface area contributed by atoms with Crippen molar-refractivity contribution in [3.05, 3.63) is 41.3 Å². The van der Waals surface area contributed by atoms with E-state index in [1.165, 1.54) is 0 Å². The molecule has 0 aliphatic carbocycles. The Bertz CT molecular complexity index is 916. The standard InChI is InChI=1S/C18H20N4O3/c1-5-14-15(12-7-9-13(24-4)10-8-12)17-20-19-16(18(23)25-6-2)11(3)22(17)21-14/h7-10H,5-6H2,1-4H3. The zero-order valence-corrected chi connectivity index (χ0v) is 14.7. The number of ether oxygens (including phenoxy) is 2. The molecule has 25 heavy (non-hydrogen) atoms. The fraction of sp³-hybridized carbons (Fsp3) is 0.333. The molecule has 0 spiro atoms. The van der Waals surface area contributed by atoms with E-state index in [9.17, 15) is 4.79 Å². The molecule has 7 heteroatoms. The largest absolute Gasteiger partial charge is 0.497 e. The van der Waals surface area contributed by atoms with Gasteiger partial charge < -0.3 is 9.47 Å². The van der Waals surface area contributed by atoms with Crippen molar-refractivity contribution in [3.63, 3.8) is 0 Å². The Morgan fingerprint density at radius 1 is 1.16 bits per heavy atom. The summed E-state index contributed by atoms with van der Waals surface area (Å²) in [5.41, 5.74) is 4.19. The Morgan fingerprint density at radius 3 is 2.48 bits per heavy atom. The Kier molecular flexibility index (Phi) is 4.65. The molecule has 0 atom stereocenters. The number of methoxy groups -OCH3 is 1. The van der Waals surface area contributed by atoms with Gasteiger partial charge in [0, 0.05) is 0 Å². The van der Waals surface area contributed by atoms with Crippen LogP contribution in [0.4, 0.5) is 0 Å². The molecular formula is C18H20N4O3. The van der Waals surface area contributed by atoms with Gasteiger partial charge in [0.25, 0.3) is 0 Å². The summed E-state index contributed by atoms with van der Waals surface area (Å²) in [6.45, 7) is 5.86. The van der Waals surface area contributed by atoms with Crippen molar-refractivity contribution < 1.29 is 14.3 Å². The first-order chi connectivity index (χ1) is 12.1. The van der Waals surface area contributed by atoms with Crippen molar-refractivity contribution in [3.8, 4) is 16.9 Å². The highest BCUT2D eigenvalue weighted by Gasteiger charge is 2.21. The molecule has 2 aromatic heterocycles. The summed E-state index contributed by atoms with van der Waals surface area (Å²) in [6, 6.07) is 7.72. The van der Waals surface area contributed by atoms with Gasteiger partial charge in [-0.3, -0.25) is 0 Å². The van der Waals surface area contributed by atoms with Crippen LogP contribution in [0.15, 0.2) is 24.3 Å². The fourth-order valence-electron chi connectivity index (χ4n) is 2.74. The third-order valence-electron chi connectivity index (χ3n) is 4.02. The zero-order valence-electron chi connectivity index (χ0n) is 14.7. The molecule has 3 aromatic rings. The molecule has 0 radical (unpaired) electrons. The minimum absolute atomic E-state index is 0.181. The second-order valence-electron chi connectivity index (χ2n) is 5.49. The van der Waals surface area contributed by atoms with Crippen LogP contribution in [0.2, 0.25) is 0 Å². The van der Waals surface area contributed by atoms with E-state index in [0.717, 1.165) is 29.0 Å². The molecule has 2 heterocycles. The Morgan fingerprint density at radius 2 is 1.88 bits per heavy atom. The third kappa shape index (κ3) is 2.93. The van der Waals surface area contributed by atoms with E-state index in [1.807, 2.05) is 31.2 Å².